The summed E-state index contributed by atoms with van der Waals surface area (Å²) < 4.78 is 71.5. The summed E-state index contributed by atoms with van der Waals surface area (Å²) in [6.45, 7) is 0. The summed E-state index contributed by atoms with van der Waals surface area (Å²) in [5, 5.41) is 3.83. The molecule has 1 N–H and O–H groups in total. The van der Waals surface area contributed by atoms with Crippen molar-refractivity contribution in [1.82, 2.24) is 19.7 Å². The average molecular weight is 587 g/mol. The summed E-state index contributed by atoms with van der Waals surface area (Å²) in [6.07, 6.45) is -1.78. The Morgan fingerprint density at radius 1 is 0.814 bits per heavy atom. The summed E-state index contributed by atoms with van der Waals surface area (Å²) in [5.41, 5.74) is -0.433. The lowest BCUT2D eigenvalue weighted by Gasteiger charge is -2.74. The largest absolute Gasteiger partial charge is 0.416 e. The van der Waals surface area contributed by atoms with Crippen molar-refractivity contribution in [3.63, 3.8) is 0 Å². The van der Waals surface area contributed by atoms with Gasteiger partial charge in [0, 0.05) is 23.4 Å². The zero-order valence-corrected chi connectivity index (χ0v) is 25.6. The molecule has 7 nitrogen and oxygen atoms in total. The molecule has 2 heterocycles. The smallest absolute Gasteiger partial charge is 0.390 e. The highest BCUT2D eigenvalue weighted by atomic mass is 19.4. The summed E-state index contributed by atoms with van der Waals surface area (Å²) in [5.74, 6) is -1.64. The van der Waals surface area contributed by atoms with Gasteiger partial charge in [-0.3, -0.25) is 4.79 Å². The Morgan fingerprint density at radius 3 is 1.88 bits per heavy atom. The molecule has 0 radical (unpaired) electrons. The van der Waals surface area contributed by atoms with Crippen LogP contribution in [0.4, 0.5) is 39.3 Å². The van der Waals surface area contributed by atoms with Gasteiger partial charge in [0.25, 0.3) is 0 Å². The third-order valence-electron chi connectivity index (χ3n) is 9.74. The molecule has 2 aliphatic rings. The number of piperazine rings is 1. The van der Waals surface area contributed by atoms with Crippen molar-refractivity contribution in [3.05, 3.63) is 59.9 Å². The number of rotatable bonds is 5. The maximum Gasteiger partial charge on any atom is 0.416 e. The molecule has 2 aromatic carbocycles. The monoisotopic (exact) mass is 588 g/mol. The SMILES string of the molecule is BC1(B)N(C(=O)C2CC2)C(B)(B)C(B)(B)N(c2cc(Nc3ncn(-c4cc(F)cc(F)c4)n3)cc(C(F)(F)F)c2)C1(B)B. The van der Waals surface area contributed by atoms with Crippen LogP contribution in [-0.4, -0.2) is 110 Å². The lowest BCUT2D eigenvalue weighted by molar-refractivity contribution is -0.138. The van der Waals surface area contributed by atoms with Gasteiger partial charge >= 0.3 is 6.18 Å². The molecule has 216 valence electrons. The van der Waals surface area contributed by atoms with E-state index in [0.29, 0.717) is 5.69 Å². The fraction of sp³-hybridized carbons (Fsp3) is 0.348. The second-order valence-electron chi connectivity index (χ2n) is 13.6. The fourth-order valence-electron chi connectivity index (χ4n) is 6.42. The van der Waals surface area contributed by atoms with Crippen LogP contribution in [0, 0.1) is 17.6 Å². The quantitative estimate of drug-likeness (QED) is 0.244. The van der Waals surface area contributed by atoms with E-state index in [1.807, 2.05) is 72.6 Å². The predicted molar refractivity (Wildman–Crippen MR) is 177 cm³/mol. The van der Waals surface area contributed by atoms with Crippen LogP contribution < -0.4 is 10.2 Å². The lowest BCUT2D eigenvalue weighted by Crippen LogP contribution is -2.93. The minimum absolute atomic E-state index is 0.0303. The fourth-order valence-corrected chi connectivity index (χ4v) is 6.42. The van der Waals surface area contributed by atoms with E-state index in [4.69, 9.17) is 0 Å². The van der Waals surface area contributed by atoms with Crippen LogP contribution in [0.2, 0.25) is 0 Å². The van der Waals surface area contributed by atoms with Crippen molar-refractivity contribution in [3.8, 4) is 5.69 Å². The number of amides is 1. The van der Waals surface area contributed by atoms with Gasteiger partial charge < -0.3 is 15.1 Å². The molecule has 0 bridgehead atoms. The highest BCUT2D eigenvalue weighted by Crippen LogP contribution is 2.48. The normalized spacial score (nSPS) is 20.5. The first-order valence-corrected chi connectivity index (χ1v) is 14.2. The van der Waals surface area contributed by atoms with Crippen LogP contribution in [0.1, 0.15) is 18.4 Å². The maximum absolute atomic E-state index is 14.3. The van der Waals surface area contributed by atoms with Crippen LogP contribution in [-0.2, 0) is 11.0 Å². The standard InChI is InChI=1S/C23H29B8F5N6O/c24-20(25)22(28,29)42(17(43)10-1-2-10)23(30,31)21(26,27)41(20)16-4-11(19(34,35)36)3-14(8-16)38-18-37-9-40(39-18)15-6-12(32)5-13(33)7-15/h3-10H,1-2,24-31H2,(H,38,39). The zero-order chi connectivity index (χ0) is 31.9. The van der Waals surface area contributed by atoms with Crippen LogP contribution in [0.15, 0.2) is 42.7 Å². The molecule has 0 unspecified atom stereocenters. The number of carbonyl (C=O) groups is 1. The Labute approximate surface area is 254 Å². The van der Waals surface area contributed by atoms with E-state index in [-0.39, 0.29) is 29.1 Å². The average Bonchev–Trinajstić information content (AvgIpc) is 3.60. The lowest BCUT2D eigenvalue weighted by atomic mass is 9.26. The van der Waals surface area contributed by atoms with Crippen LogP contribution in [0.3, 0.4) is 0 Å². The molecule has 0 atom stereocenters. The predicted octanol–water partition coefficient (Wildman–Crippen LogP) is -3.95. The molecular formula is C23H29B8F5N6O. The Balaban J connectivity index is 1.59. The van der Waals surface area contributed by atoms with Crippen molar-refractivity contribution in [2.24, 2.45) is 5.92 Å². The molecule has 0 spiro atoms. The summed E-state index contributed by atoms with van der Waals surface area (Å²) in [7, 11) is 15.7. The number of halogens is 5. The van der Waals surface area contributed by atoms with Crippen molar-refractivity contribution < 1.29 is 26.7 Å². The Morgan fingerprint density at radius 2 is 1.37 bits per heavy atom. The number of nitrogens with one attached hydrogen (secondary N) is 1. The third kappa shape index (κ3) is 5.18. The maximum atomic E-state index is 14.3. The van der Waals surface area contributed by atoms with E-state index in [9.17, 15) is 26.7 Å². The van der Waals surface area contributed by atoms with Crippen LogP contribution >= 0.6 is 0 Å². The third-order valence-corrected chi connectivity index (χ3v) is 9.74. The first kappa shape index (κ1) is 31.3. The molecular weight excluding hydrogens is 558 g/mol. The molecule has 3 aromatic rings. The van der Waals surface area contributed by atoms with Gasteiger partial charge in [0.2, 0.25) is 11.9 Å². The number of carbonyl (C=O) groups excluding carboxylic acids is 1. The molecule has 2 fully saturated rings. The molecule has 1 saturated heterocycles. The van der Waals surface area contributed by atoms with E-state index in [1.165, 1.54) is 6.33 Å². The molecule has 1 aromatic heterocycles. The van der Waals surface area contributed by atoms with E-state index in [2.05, 4.69) is 15.4 Å². The van der Waals surface area contributed by atoms with Gasteiger partial charge in [-0.15, -0.1) is 5.10 Å². The van der Waals surface area contributed by atoms with Crippen LogP contribution in [0.5, 0.6) is 0 Å². The van der Waals surface area contributed by atoms with Crippen LogP contribution in [0.25, 0.3) is 5.69 Å². The molecule has 1 aliphatic heterocycles. The Hall–Kier alpha value is -3.18. The first-order chi connectivity index (χ1) is 19.7. The summed E-state index contributed by atoms with van der Waals surface area (Å²) in [4.78, 5) is 21.7. The van der Waals surface area contributed by atoms with Crippen molar-refractivity contribution in [2.75, 3.05) is 10.2 Å². The highest BCUT2D eigenvalue weighted by molar-refractivity contribution is 6.63. The Bertz CT molecular complexity index is 1550. The number of nitrogens with zero attached hydrogens (tertiary/aromatic N) is 5. The minimum atomic E-state index is -4.67. The number of hydrogen-bond acceptors (Lipinski definition) is 5. The van der Waals surface area contributed by atoms with Gasteiger partial charge in [-0.2, -0.15) is 18.2 Å². The summed E-state index contributed by atoms with van der Waals surface area (Å²) >= 11 is 0. The van der Waals surface area contributed by atoms with Gasteiger partial charge in [-0.25, -0.2) is 13.5 Å². The van der Waals surface area contributed by atoms with E-state index >= 15 is 0 Å². The molecule has 5 rings (SSSR count). The second kappa shape index (κ2) is 9.92. The minimum Gasteiger partial charge on any atom is -0.390 e. The molecule has 20 heteroatoms. The number of alkyl halides is 3. The summed E-state index contributed by atoms with van der Waals surface area (Å²) in [6, 6.07) is 6.54. The number of benzene rings is 2. The van der Waals surface area contributed by atoms with Gasteiger partial charge in [0.1, 0.15) is 80.7 Å². The second-order valence-corrected chi connectivity index (χ2v) is 13.6. The van der Waals surface area contributed by atoms with Crippen molar-refractivity contribution in [2.45, 2.75) is 40.4 Å². The zero-order valence-electron chi connectivity index (χ0n) is 25.6. The van der Waals surface area contributed by atoms with Gasteiger partial charge in [0.05, 0.1) is 11.3 Å². The highest BCUT2D eigenvalue weighted by Gasteiger charge is 2.64. The molecule has 1 aliphatic carbocycles. The molecule has 1 saturated carbocycles. The topological polar surface area (TPSA) is 66.3 Å². The first-order valence-electron chi connectivity index (χ1n) is 14.2. The Kier molecular flexibility index (Phi) is 7.21. The van der Waals surface area contributed by atoms with E-state index in [0.717, 1.165) is 47.9 Å². The van der Waals surface area contributed by atoms with Gasteiger partial charge in [-0.05, 0) is 64.5 Å². The van der Waals surface area contributed by atoms with Gasteiger partial charge in [-0.1, -0.05) is 0 Å². The number of hydrogen-bond donors (Lipinski definition) is 1. The van der Waals surface area contributed by atoms with E-state index in [1.54, 1.807) is 6.07 Å². The number of aromatic nitrogens is 3. The molecule has 1 amide bonds. The number of anilines is 3. The van der Waals surface area contributed by atoms with Gasteiger partial charge in [0.15, 0.2) is 0 Å². The van der Waals surface area contributed by atoms with Crippen molar-refractivity contribution in [1.29, 1.82) is 0 Å². The van der Waals surface area contributed by atoms with Crippen molar-refractivity contribution >= 4 is 86.0 Å². The molecule has 43 heavy (non-hydrogen) atoms. The van der Waals surface area contributed by atoms with E-state index < -0.39 is 44.7 Å².